The monoisotopic (exact) mass is 206 g/mol. The van der Waals surface area contributed by atoms with E-state index in [1.807, 2.05) is 6.92 Å². The molecule has 0 aromatic carbocycles. The molecule has 5 heteroatoms. The molecular formula is C8H18O4Si. The minimum absolute atomic E-state index is 0.0437. The molecule has 1 unspecified atom stereocenters. The molecule has 0 rings (SSSR count). The molecular weight excluding hydrogens is 188 g/mol. The van der Waals surface area contributed by atoms with Crippen LogP contribution in [0.2, 0.25) is 6.04 Å². The van der Waals surface area contributed by atoms with Gasteiger partial charge in [0.15, 0.2) is 0 Å². The Labute approximate surface area is 81.0 Å². The van der Waals surface area contributed by atoms with Crippen LogP contribution in [-0.2, 0) is 18.4 Å². The Morgan fingerprint density at radius 3 is 2.31 bits per heavy atom. The molecule has 0 radical (unpaired) electrons. The molecule has 0 saturated heterocycles. The maximum absolute atomic E-state index is 10.6. The summed E-state index contributed by atoms with van der Waals surface area (Å²) >= 11 is 0. The van der Waals surface area contributed by atoms with Gasteiger partial charge in [0.2, 0.25) is 0 Å². The molecule has 13 heavy (non-hydrogen) atoms. The SMILES string of the molecule is CO[SiH](CCC(C)OC(C)=O)OC. The molecule has 78 valence electrons. The maximum atomic E-state index is 10.6. The summed E-state index contributed by atoms with van der Waals surface area (Å²) in [7, 11) is 1.81. The fourth-order valence-corrected chi connectivity index (χ4v) is 2.45. The number of carbonyl (C=O) groups is 1. The number of hydrogen-bond donors (Lipinski definition) is 0. The second kappa shape index (κ2) is 7.05. The van der Waals surface area contributed by atoms with E-state index in [1.165, 1.54) is 6.92 Å². The van der Waals surface area contributed by atoms with Crippen molar-refractivity contribution in [3.63, 3.8) is 0 Å². The zero-order chi connectivity index (χ0) is 10.3. The number of carbonyl (C=O) groups excluding carboxylic acids is 1. The van der Waals surface area contributed by atoms with Gasteiger partial charge in [0.1, 0.15) is 0 Å². The van der Waals surface area contributed by atoms with E-state index >= 15 is 0 Å². The van der Waals surface area contributed by atoms with Crippen molar-refractivity contribution in [3.8, 4) is 0 Å². The lowest BCUT2D eigenvalue weighted by Crippen LogP contribution is -2.22. The first-order valence-electron chi connectivity index (χ1n) is 4.33. The highest BCUT2D eigenvalue weighted by Gasteiger charge is 2.13. The van der Waals surface area contributed by atoms with Gasteiger partial charge in [-0.1, -0.05) is 0 Å². The Kier molecular flexibility index (Phi) is 6.84. The fourth-order valence-electron chi connectivity index (χ4n) is 1.04. The number of esters is 1. The smallest absolute Gasteiger partial charge is 0.321 e. The van der Waals surface area contributed by atoms with Gasteiger partial charge < -0.3 is 13.6 Å². The van der Waals surface area contributed by atoms with Gasteiger partial charge in [0, 0.05) is 21.1 Å². The van der Waals surface area contributed by atoms with E-state index in [2.05, 4.69) is 0 Å². The van der Waals surface area contributed by atoms with E-state index in [4.69, 9.17) is 13.6 Å². The molecule has 0 bridgehead atoms. The highest BCUT2D eigenvalue weighted by Crippen LogP contribution is 2.06. The van der Waals surface area contributed by atoms with Crippen LogP contribution in [-0.4, -0.2) is 35.6 Å². The van der Waals surface area contributed by atoms with Gasteiger partial charge in [-0.15, -0.1) is 0 Å². The average Bonchev–Trinajstić information content (AvgIpc) is 2.05. The largest absolute Gasteiger partial charge is 0.463 e. The van der Waals surface area contributed by atoms with Gasteiger partial charge >= 0.3 is 15.3 Å². The number of rotatable bonds is 6. The summed E-state index contributed by atoms with van der Waals surface area (Å²) in [5.41, 5.74) is 0. The van der Waals surface area contributed by atoms with Crippen molar-refractivity contribution >= 4 is 15.3 Å². The lowest BCUT2D eigenvalue weighted by molar-refractivity contribution is -0.145. The highest BCUT2D eigenvalue weighted by atomic mass is 28.3. The lowest BCUT2D eigenvalue weighted by atomic mass is 10.3. The zero-order valence-corrected chi connectivity index (χ0v) is 9.86. The van der Waals surface area contributed by atoms with Crippen molar-refractivity contribution in [2.24, 2.45) is 0 Å². The molecule has 0 heterocycles. The van der Waals surface area contributed by atoms with E-state index in [0.717, 1.165) is 12.5 Å². The average molecular weight is 206 g/mol. The fraction of sp³-hybridized carbons (Fsp3) is 0.875. The standard InChI is InChI=1S/C8H18O4Si/c1-7(12-8(2)9)5-6-13(10-3)11-4/h7,13H,5-6H2,1-4H3. The van der Waals surface area contributed by atoms with Crippen molar-refractivity contribution in [2.45, 2.75) is 32.4 Å². The third-order valence-corrected chi connectivity index (χ3v) is 3.56. The Hall–Kier alpha value is -0.393. The summed E-state index contributed by atoms with van der Waals surface area (Å²) in [4.78, 5) is 10.6. The minimum Gasteiger partial charge on any atom is -0.463 e. The van der Waals surface area contributed by atoms with Gasteiger partial charge in [-0.3, -0.25) is 4.79 Å². The van der Waals surface area contributed by atoms with Crippen LogP contribution in [0.3, 0.4) is 0 Å². The third-order valence-electron chi connectivity index (χ3n) is 1.70. The second-order valence-electron chi connectivity index (χ2n) is 2.90. The van der Waals surface area contributed by atoms with Crippen LogP contribution in [0.1, 0.15) is 20.3 Å². The van der Waals surface area contributed by atoms with E-state index in [9.17, 15) is 4.79 Å². The summed E-state index contributed by atoms with van der Waals surface area (Å²) in [6.45, 7) is 3.29. The van der Waals surface area contributed by atoms with Gasteiger partial charge in [0.25, 0.3) is 0 Å². The van der Waals surface area contributed by atoms with Crippen LogP contribution in [0, 0.1) is 0 Å². The quantitative estimate of drug-likeness (QED) is 0.477. The molecule has 0 aromatic rings. The normalized spacial score (nSPS) is 13.0. The number of ether oxygens (including phenoxy) is 1. The molecule has 0 spiro atoms. The molecule has 0 amide bonds. The molecule has 0 fully saturated rings. The van der Waals surface area contributed by atoms with Crippen molar-refractivity contribution in [1.29, 1.82) is 0 Å². The summed E-state index contributed by atoms with van der Waals surface area (Å²) in [6, 6.07) is 0.863. The van der Waals surface area contributed by atoms with Gasteiger partial charge in [0.05, 0.1) is 6.10 Å². The molecule has 1 atom stereocenters. The molecule has 4 nitrogen and oxygen atoms in total. The van der Waals surface area contributed by atoms with Crippen LogP contribution in [0.4, 0.5) is 0 Å². The molecule has 0 saturated carbocycles. The molecule has 0 aromatic heterocycles. The molecule has 0 N–H and O–H groups in total. The minimum atomic E-state index is -1.48. The van der Waals surface area contributed by atoms with E-state index < -0.39 is 9.28 Å². The van der Waals surface area contributed by atoms with E-state index in [0.29, 0.717) is 0 Å². The van der Waals surface area contributed by atoms with Crippen molar-refractivity contribution in [1.82, 2.24) is 0 Å². The lowest BCUT2D eigenvalue weighted by Gasteiger charge is -2.14. The van der Waals surface area contributed by atoms with Crippen molar-refractivity contribution in [3.05, 3.63) is 0 Å². The van der Waals surface area contributed by atoms with Crippen LogP contribution in [0.5, 0.6) is 0 Å². The molecule has 0 aliphatic heterocycles. The topological polar surface area (TPSA) is 44.8 Å². The second-order valence-corrected chi connectivity index (χ2v) is 5.28. The summed E-state index contributed by atoms with van der Waals surface area (Å²) in [5.74, 6) is -0.236. The summed E-state index contributed by atoms with van der Waals surface area (Å²) in [5, 5.41) is 0. The van der Waals surface area contributed by atoms with E-state index in [1.54, 1.807) is 14.2 Å². The Morgan fingerprint density at radius 1 is 1.38 bits per heavy atom. The predicted molar refractivity (Wildman–Crippen MR) is 51.8 cm³/mol. The van der Waals surface area contributed by atoms with Crippen LogP contribution >= 0.6 is 0 Å². The molecule has 0 aliphatic rings. The van der Waals surface area contributed by atoms with Gasteiger partial charge in [-0.25, -0.2) is 0 Å². The summed E-state index contributed by atoms with van der Waals surface area (Å²) < 4.78 is 15.2. The van der Waals surface area contributed by atoms with Crippen molar-refractivity contribution in [2.75, 3.05) is 14.2 Å². The Morgan fingerprint density at radius 2 is 1.92 bits per heavy atom. The first-order valence-corrected chi connectivity index (χ1v) is 6.09. The number of hydrogen-bond acceptors (Lipinski definition) is 4. The van der Waals surface area contributed by atoms with Gasteiger partial charge in [-0.05, 0) is 19.4 Å². The van der Waals surface area contributed by atoms with Crippen LogP contribution in [0.15, 0.2) is 0 Å². The zero-order valence-electron chi connectivity index (χ0n) is 8.70. The Bertz CT molecular complexity index is 147. The third kappa shape index (κ3) is 6.74. The summed E-state index contributed by atoms with van der Waals surface area (Å²) in [6.07, 6.45) is 0.760. The Balaban J connectivity index is 3.55. The molecule has 0 aliphatic carbocycles. The van der Waals surface area contributed by atoms with E-state index in [-0.39, 0.29) is 12.1 Å². The first-order chi connectivity index (χ1) is 6.10. The van der Waals surface area contributed by atoms with Crippen molar-refractivity contribution < 1.29 is 18.4 Å². The highest BCUT2D eigenvalue weighted by molar-refractivity contribution is 6.44. The van der Waals surface area contributed by atoms with Gasteiger partial charge in [-0.2, -0.15) is 0 Å². The first kappa shape index (κ1) is 12.6. The van der Waals surface area contributed by atoms with Crippen LogP contribution in [0.25, 0.3) is 0 Å². The maximum Gasteiger partial charge on any atom is 0.321 e. The predicted octanol–water partition coefficient (Wildman–Crippen LogP) is 0.841. The van der Waals surface area contributed by atoms with Crippen LogP contribution < -0.4 is 0 Å².